The largest absolute Gasteiger partial charge is 0.383 e. The van der Waals surface area contributed by atoms with E-state index < -0.39 is 0 Å². The molecule has 0 aromatic carbocycles. The number of nitrogens with zero attached hydrogens (tertiary/aromatic N) is 4. The van der Waals surface area contributed by atoms with Crippen LogP contribution in [0.1, 0.15) is 18.4 Å². The minimum Gasteiger partial charge on any atom is -0.383 e. The Kier molecular flexibility index (Phi) is 3.40. The van der Waals surface area contributed by atoms with E-state index in [-0.39, 0.29) is 0 Å². The summed E-state index contributed by atoms with van der Waals surface area (Å²) in [6, 6.07) is 2.38. The van der Waals surface area contributed by atoms with Gasteiger partial charge in [-0.1, -0.05) is 0 Å². The van der Waals surface area contributed by atoms with Crippen molar-refractivity contribution in [3.05, 3.63) is 17.8 Å². The van der Waals surface area contributed by atoms with E-state index in [4.69, 9.17) is 5.73 Å². The van der Waals surface area contributed by atoms with Gasteiger partial charge >= 0.3 is 0 Å². The molecular weight excluding hydrogens is 252 g/mol. The minimum absolute atomic E-state index is 0.411. The van der Waals surface area contributed by atoms with E-state index in [1.165, 1.54) is 0 Å². The van der Waals surface area contributed by atoms with Crippen LogP contribution < -0.4 is 11.1 Å². The van der Waals surface area contributed by atoms with Gasteiger partial charge in [-0.15, -0.1) is 0 Å². The highest BCUT2D eigenvalue weighted by atomic mass is 15.2. The van der Waals surface area contributed by atoms with Gasteiger partial charge in [0.1, 0.15) is 5.82 Å². The highest BCUT2D eigenvalue weighted by Crippen LogP contribution is 2.20. The molecule has 3 N–H and O–H groups in total. The van der Waals surface area contributed by atoms with Crippen LogP contribution in [0.15, 0.2) is 12.3 Å². The zero-order chi connectivity index (χ0) is 14.1. The molecule has 3 heterocycles. The van der Waals surface area contributed by atoms with Crippen LogP contribution in [0.5, 0.6) is 0 Å². The second-order valence-corrected chi connectivity index (χ2v) is 5.54. The lowest BCUT2D eigenvalue weighted by Gasteiger charge is -2.29. The van der Waals surface area contributed by atoms with Crippen molar-refractivity contribution in [1.29, 1.82) is 0 Å². The summed E-state index contributed by atoms with van der Waals surface area (Å²) in [5, 5.41) is 4.20. The third-order valence-corrected chi connectivity index (χ3v) is 3.77. The van der Waals surface area contributed by atoms with Crippen LogP contribution in [0.3, 0.4) is 0 Å². The Hall–Kier alpha value is -1.95. The fraction of sp³-hybridized carbons (Fsp3) is 0.500. The fourth-order valence-electron chi connectivity index (χ4n) is 2.54. The Labute approximate surface area is 118 Å². The summed E-state index contributed by atoms with van der Waals surface area (Å²) in [6.45, 7) is 4.17. The van der Waals surface area contributed by atoms with Gasteiger partial charge < -0.3 is 16.0 Å². The molecule has 20 heavy (non-hydrogen) atoms. The molecule has 6 nitrogen and oxygen atoms in total. The Morgan fingerprint density at radius 3 is 2.80 bits per heavy atom. The van der Waals surface area contributed by atoms with Crippen molar-refractivity contribution in [2.75, 3.05) is 31.2 Å². The monoisotopic (exact) mass is 272 g/mol. The maximum Gasteiger partial charge on any atom is 0.226 e. The summed E-state index contributed by atoms with van der Waals surface area (Å²) in [7, 11) is 2.15. The molecule has 2 aromatic rings. The lowest BCUT2D eigenvalue weighted by molar-refractivity contribution is 0.263. The second kappa shape index (κ2) is 5.20. The molecule has 0 unspecified atom stereocenters. The average molecular weight is 272 g/mol. The molecule has 0 saturated carbocycles. The lowest BCUT2D eigenvalue weighted by Crippen LogP contribution is -2.37. The number of fused-ring (bicyclic) bond motifs is 1. The van der Waals surface area contributed by atoms with Crippen molar-refractivity contribution in [3.63, 3.8) is 0 Å². The summed E-state index contributed by atoms with van der Waals surface area (Å²) >= 11 is 0. The number of aromatic nitrogens is 3. The van der Waals surface area contributed by atoms with Gasteiger partial charge in [0, 0.05) is 12.2 Å². The first-order valence-corrected chi connectivity index (χ1v) is 6.97. The summed E-state index contributed by atoms with van der Waals surface area (Å²) in [6.07, 6.45) is 3.99. The first-order chi connectivity index (χ1) is 9.61. The maximum atomic E-state index is 6.01. The van der Waals surface area contributed by atoms with Crippen LogP contribution in [0, 0.1) is 6.92 Å². The van der Waals surface area contributed by atoms with Gasteiger partial charge in [-0.05, 0) is 51.5 Å². The molecule has 0 aliphatic carbocycles. The SMILES string of the molecule is Cc1cnc2nc(NC3CCN(C)CC3)nc(N)c2c1. The van der Waals surface area contributed by atoms with Crippen molar-refractivity contribution >= 4 is 22.8 Å². The normalized spacial score (nSPS) is 17.5. The standard InChI is InChI=1S/C14H20N6/c1-9-7-11-12(15)18-14(19-13(11)16-8-9)17-10-3-5-20(2)6-4-10/h7-8,10H,3-6H2,1-2H3,(H3,15,16,17,18,19). The third kappa shape index (κ3) is 2.65. The van der Waals surface area contributed by atoms with E-state index in [0.717, 1.165) is 36.9 Å². The molecule has 1 aliphatic heterocycles. The summed E-state index contributed by atoms with van der Waals surface area (Å²) in [5.74, 6) is 1.07. The zero-order valence-corrected chi connectivity index (χ0v) is 11.9. The van der Waals surface area contributed by atoms with E-state index in [1.807, 2.05) is 13.0 Å². The van der Waals surface area contributed by atoms with E-state index in [2.05, 4.69) is 32.2 Å². The van der Waals surface area contributed by atoms with Crippen LogP contribution in [-0.4, -0.2) is 46.0 Å². The summed E-state index contributed by atoms with van der Waals surface area (Å²) < 4.78 is 0. The first kappa shape index (κ1) is 13.1. The number of hydrogen-bond donors (Lipinski definition) is 2. The van der Waals surface area contributed by atoms with E-state index in [1.54, 1.807) is 6.20 Å². The third-order valence-electron chi connectivity index (χ3n) is 3.77. The molecule has 0 radical (unpaired) electrons. The molecule has 1 fully saturated rings. The topological polar surface area (TPSA) is 80.0 Å². The van der Waals surface area contributed by atoms with Gasteiger partial charge in [0.15, 0.2) is 5.65 Å². The first-order valence-electron chi connectivity index (χ1n) is 6.97. The van der Waals surface area contributed by atoms with Crippen molar-refractivity contribution in [2.24, 2.45) is 0 Å². The second-order valence-electron chi connectivity index (χ2n) is 5.54. The Morgan fingerprint density at radius 1 is 1.30 bits per heavy atom. The van der Waals surface area contributed by atoms with Gasteiger partial charge in [0.05, 0.1) is 5.39 Å². The number of aryl methyl sites for hydroxylation is 1. The molecule has 106 valence electrons. The summed E-state index contributed by atoms with van der Waals surface area (Å²) in [4.78, 5) is 15.5. The van der Waals surface area contributed by atoms with E-state index in [9.17, 15) is 0 Å². The number of pyridine rings is 1. The predicted octanol–water partition coefficient (Wildman–Crippen LogP) is 1.42. The highest BCUT2D eigenvalue weighted by Gasteiger charge is 2.17. The number of hydrogen-bond acceptors (Lipinski definition) is 6. The molecule has 6 heteroatoms. The molecule has 0 atom stereocenters. The number of nitrogens with two attached hydrogens (primary N) is 1. The van der Waals surface area contributed by atoms with E-state index >= 15 is 0 Å². The quantitative estimate of drug-likeness (QED) is 0.860. The Balaban J connectivity index is 1.83. The van der Waals surface area contributed by atoms with Crippen LogP contribution in [0.4, 0.5) is 11.8 Å². The van der Waals surface area contributed by atoms with Crippen molar-refractivity contribution in [3.8, 4) is 0 Å². The Morgan fingerprint density at radius 2 is 2.05 bits per heavy atom. The van der Waals surface area contributed by atoms with Gasteiger partial charge in [-0.25, -0.2) is 4.98 Å². The predicted molar refractivity (Wildman–Crippen MR) is 80.6 cm³/mol. The number of nitrogens with one attached hydrogen (secondary N) is 1. The molecule has 2 aromatic heterocycles. The lowest BCUT2D eigenvalue weighted by atomic mass is 10.1. The van der Waals surface area contributed by atoms with Gasteiger partial charge in [0.2, 0.25) is 5.95 Å². The van der Waals surface area contributed by atoms with Gasteiger partial charge in [0.25, 0.3) is 0 Å². The average Bonchev–Trinajstić information content (AvgIpc) is 2.42. The van der Waals surface area contributed by atoms with Crippen LogP contribution in [0.2, 0.25) is 0 Å². The van der Waals surface area contributed by atoms with Gasteiger partial charge in [-0.3, -0.25) is 0 Å². The van der Waals surface area contributed by atoms with Crippen molar-refractivity contribution in [2.45, 2.75) is 25.8 Å². The molecule has 0 amide bonds. The molecule has 3 rings (SSSR count). The van der Waals surface area contributed by atoms with Gasteiger partial charge in [-0.2, -0.15) is 9.97 Å². The molecule has 0 bridgehead atoms. The zero-order valence-electron chi connectivity index (χ0n) is 11.9. The number of nitrogen functional groups attached to an aromatic ring is 1. The van der Waals surface area contributed by atoms with E-state index in [0.29, 0.717) is 23.5 Å². The molecule has 1 saturated heterocycles. The molecule has 0 spiro atoms. The van der Waals surface area contributed by atoms with Crippen LogP contribution in [-0.2, 0) is 0 Å². The number of anilines is 2. The van der Waals surface area contributed by atoms with Crippen LogP contribution in [0.25, 0.3) is 11.0 Å². The summed E-state index contributed by atoms with van der Waals surface area (Å²) in [5.41, 5.74) is 7.72. The molecular formula is C14H20N6. The molecule has 1 aliphatic rings. The maximum absolute atomic E-state index is 6.01. The number of rotatable bonds is 2. The van der Waals surface area contributed by atoms with Crippen molar-refractivity contribution < 1.29 is 0 Å². The number of piperidine rings is 1. The smallest absolute Gasteiger partial charge is 0.226 e. The fourth-order valence-corrected chi connectivity index (χ4v) is 2.54. The Bertz CT molecular complexity index is 618. The van der Waals surface area contributed by atoms with Crippen molar-refractivity contribution in [1.82, 2.24) is 19.9 Å². The number of likely N-dealkylation sites (tertiary alicyclic amines) is 1. The highest BCUT2D eigenvalue weighted by molar-refractivity contribution is 5.86. The van der Waals surface area contributed by atoms with Crippen LogP contribution >= 0.6 is 0 Å². The minimum atomic E-state index is 0.411.